The van der Waals surface area contributed by atoms with Gasteiger partial charge >= 0.3 is 0 Å². The summed E-state index contributed by atoms with van der Waals surface area (Å²) >= 11 is 0. The van der Waals surface area contributed by atoms with E-state index in [2.05, 4.69) is 31.2 Å². The lowest BCUT2D eigenvalue weighted by atomic mass is 10.0. The molecule has 0 bridgehead atoms. The lowest BCUT2D eigenvalue weighted by Crippen LogP contribution is -2.22. The summed E-state index contributed by atoms with van der Waals surface area (Å²) in [5.74, 6) is 0. The van der Waals surface area contributed by atoms with Crippen LogP contribution < -0.4 is 0 Å². The van der Waals surface area contributed by atoms with Gasteiger partial charge in [0.1, 0.15) is 0 Å². The van der Waals surface area contributed by atoms with E-state index in [1.165, 1.54) is 96.3 Å². The Morgan fingerprint density at radius 1 is 0.758 bits per heavy atom. The van der Waals surface area contributed by atoms with E-state index in [1.807, 2.05) is 0 Å². The number of hydrogen-bond acceptors (Lipinski definition) is 3. The summed E-state index contributed by atoms with van der Waals surface area (Å²) in [6.45, 7) is 3.94. The third kappa shape index (κ3) is 21.6. The van der Waals surface area contributed by atoms with Gasteiger partial charge in [0, 0.05) is 13.2 Å². The van der Waals surface area contributed by atoms with Gasteiger partial charge in [-0.15, -0.1) is 0 Å². The van der Waals surface area contributed by atoms with Crippen LogP contribution in [0.5, 0.6) is 0 Å². The van der Waals surface area contributed by atoms with Gasteiger partial charge < -0.3 is 14.6 Å². The van der Waals surface area contributed by atoms with Crippen LogP contribution in [0, 0.1) is 0 Å². The van der Waals surface area contributed by atoms with E-state index in [0.717, 1.165) is 51.7 Å². The Bertz CT molecular complexity index is 440. The Labute approximate surface area is 206 Å². The summed E-state index contributed by atoms with van der Waals surface area (Å²) in [4.78, 5) is 0. The summed E-state index contributed by atoms with van der Waals surface area (Å²) in [6.07, 6.45) is 34.7. The van der Waals surface area contributed by atoms with Crippen LogP contribution in [0.15, 0.2) is 24.3 Å². The van der Waals surface area contributed by atoms with Crippen LogP contribution in [0.2, 0.25) is 0 Å². The highest BCUT2D eigenvalue weighted by molar-refractivity contribution is 4.92. The maximum absolute atomic E-state index is 10.2. The molecule has 0 saturated carbocycles. The van der Waals surface area contributed by atoms with E-state index in [-0.39, 0.29) is 12.4 Å². The zero-order valence-corrected chi connectivity index (χ0v) is 22.0. The zero-order valence-electron chi connectivity index (χ0n) is 22.0. The fraction of sp³-hybridized carbons (Fsp3) is 0.867. The minimum absolute atomic E-state index is 0.0507. The van der Waals surface area contributed by atoms with E-state index in [1.54, 1.807) is 0 Å². The van der Waals surface area contributed by atoms with E-state index in [4.69, 9.17) is 9.47 Å². The van der Waals surface area contributed by atoms with Crippen molar-refractivity contribution in [2.24, 2.45) is 0 Å². The Hall–Kier alpha value is -0.640. The predicted molar refractivity (Wildman–Crippen MR) is 143 cm³/mol. The number of rotatable bonds is 23. The van der Waals surface area contributed by atoms with E-state index >= 15 is 0 Å². The van der Waals surface area contributed by atoms with E-state index < -0.39 is 0 Å². The SMILES string of the molecule is CCCCC/C=C\C/C=C\CCCCCCCCC(O)CCCCCCOC1CCCCO1. The molecule has 1 fully saturated rings. The van der Waals surface area contributed by atoms with Gasteiger partial charge in [0.25, 0.3) is 0 Å². The molecule has 2 atom stereocenters. The molecule has 0 aliphatic carbocycles. The van der Waals surface area contributed by atoms with Gasteiger partial charge in [-0.2, -0.15) is 0 Å². The van der Waals surface area contributed by atoms with Crippen molar-refractivity contribution in [3.63, 3.8) is 0 Å². The number of aliphatic hydroxyl groups is 1. The van der Waals surface area contributed by atoms with Crippen molar-refractivity contribution in [3.05, 3.63) is 24.3 Å². The van der Waals surface area contributed by atoms with Crippen molar-refractivity contribution in [3.8, 4) is 0 Å². The molecule has 1 N–H and O–H groups in total. The number of unbranched alkanes of at least 4 members (excludes halogenated alkanes) is 12. The summed E-state index contributed by atoms with van der Waals surface area (Å²) in [6, 6.07) is 0. The van der Waals surface area contributed by atoms with Gasteiger partial charge in [-0.25, -0.2) is 0 Å². The van der Waals surface area contributed by atoms with E-state index in [0.29, 0.717) is 0 Å². The van der Waals surface area contributed by atoms with Gasteiger partial charge in [0.05, 0.1) is 6.10 Å². The van der Waals surface area contributed by atoms with Crippen molar-refractivity contribution in [2.45, 2.75) is 154 Å². The maximum atomic E-state index is 10.2. The second kappa shape index (κ2) is 24.5. The van der Waals surface area contributed by atoms with Gasteiger partial charge in [-0.05, 0) is 70.6 Å². The van der Waals surface area contributed by atoms with Gasteiger partial charge in [0.15, 0.2) is 6.29 Å². The van der Waals surface area contributed by atoms with Crippen molar-refractivity contribution in [1.29, 1.82) is 0 Å². The quantitative estimate of drug-likeness (QED) is 0.121. The fourth-order valence-electron chi connectivity index (χ4n) is 4.41. The first-order valence-corrected chi connectivity index (χ1v) is 14.5. The Morgan fingerprint density at radius 2 is 1.36 bits per heavy atom. The van der Waals surface area contributed by atoms with Gasteiger partial charge in [-0.3, -0.25) is 0 Å². The number of ether oxygens (including phenoxy) is 2. The van der Waals surface area contributed by atoms with Crippen LogP contribution >= 0.6 is 0 Å². The molecule has 1 heterocycles. The maximum Gasteiger partial charge on any atom is 0.157 e. The van der Waals surface area contributed by atoms with Crippen LogP contribution in [-0.4, -0.2) is 30.7 Å². The monoisotopic (exact) mass is 464 g/mol. The summed E-state index contributed by atoms with van der Waals surface area (Å²) in [7, 11) is 0. The largest absolute Gasteiger partial charge is 0.393 e. The third-order valence-electron chi connectivity index (χ3n) is 6.61. The molecule has 194 valence electrons. The van der Waals surface area contributed by atoms with Crippen molar-refractivity contribution in [2.75, 3.05) is 13.2 Å². The molecule has 3 nitrogen and oxygen atoms in total. The molecule has 1 saturated heterocycles. The molecule has 0 aromatic heterocycles. The van der Waals surface area contributed by atoms with E-state index in [9.17, 15) is 5.11 Å². The molecule has 3 heteroatoms. The number of hydrogen-bond donors (Lipinski definition) is 1. The molecule has 1 aliphatic rings. The molecular weight excluding hydrogens is 408 g/mol. The smallest absolute Gasteiger partial charge is 0.157 e. The molecule has 2 unspecified atom stereocenters. The van der Waals surface area contributed by atoms with Crippen molar-refractivity contribution < 1.29 is 14.6 Å². The lowest BCUT2D eigenvalue weighted by Gasteiger charge is -2.22. The second-order valence-electron chi connectivity index (χ2n) is 9.90. The minimum atomic E-state index is -0.0947. The normalized spacial score (nSPS) is 17.9. The average Bonchev–Trinajstić information content (AvgIpc) is 2.84. The summed E-state index contributed by atoms with van der Waals surface area (Å²) in [5, 5.41) is 10.2. The highest BCUT2D eigenvalue weighted by atomic mass is 16.7. The first-order valence-electron chi connectivity index (χ1n) is 14.5. The highest BCUT2D eigenvalue weighted by Crippen LogP contribution is 2.16. The first kappa shape index (κ1) is 30.4. The average molecular weight is 465 g/mol. The van der Waals surface area contributed by atoms with Crippen molar-refractivity contribution >= 4 is 0 Å². The molecule has 0 spiro atoms. The number of aliphatic hydroxyl groups excluding tert-OH is 1. The Morgan fingerprint density at radius 3 is 2.00 bits per heavy atom. The highest BCUT2D eigenvalue weighted by Gasteiger charge is 2.13. The topological polar surface area (TPSA) is 38.7 Å². The molecule has 1 rings (SSSR count). The predicted octanol–water partition coefficient (Wildman–Crippen LogP) is 9.04. The second-order valence-corrected chi connectivity index (χ2v) is 9.90. The van der Waals surface area contributed by atoms with Gasteiger partial charge in [-0.1, -0.05) is 95.4 Å². The fourth-order valence-corrected chi connectivity index (χ4v) is 4.41. The minimum Gasteiger partial charge on any atom is -0.393 e. The molecule has 0 radical (unpaired) electrons. The standard InChI is InChI=1S/C30H56O3/c1-2-3-4-5-6-7-8-9-10-11-12-13-14-15-16-19-24-29(31)25-20-17-18-22-27-32-30-26-21-23-28-33-30/h6-7,9-10,29-31H,2-5,8,11-28H2,1H3/b7-6-,10-9-. The Kier molecular flexibility index (Phi) is 22.5. The molecule has 0 aromatic carbocycles. The summed E-state index contributed by atoms with van der Waals surface area (Å²) in [5.41, 5.74) is 0. The molecule has 0 amide bonds. The van der Waals surface area contributed by atoms with Crippen LogP contribution in [0.25, 0.3) is 0 Å². The molecule has 1 aliphatic heterocycles. The molecular formula is C30H56O3. The zero-order chi connectivity index (χ0) is 23.7. The lowest BCUT2D eigenvalue weighted by molar-refractivity contribution is -0.162. The van der Waals surface area contributed by atoms with Crippen LogP contribution in [0.3, 0.4) is 0 Å². The van der Waals surface area contributed by atoms with Crippen LogP contribution in [0.4, 0.5) is 0 Å². The molecule has 0 aromatic rings. The van der Waals surface area contributed by atoms with Crippen LogP contribution in [-0.2, 0) is 9.47 Å². The van der Waals surface area contributed by atoms with Gasteiger partial charge in [0.2, 0.25) is 0 Å². The molecule has 33 heavy (non-hydrogen) atoms. The third-order valence-corrected chi connectivity index (χ3v) is 6.61. The number of allylic oxidation sites excluding steroid dienone is 4. The Balaban J connectivity index is 1.75. The van der Waals surface area contributed by atoms with Crippen LogP contribution in [0.1, 0.15) is 142 Å². The van der Waals surface area contributed by atoms with Crippen molar-refractivity contribution in [1.82, 2.24) is 0 Å². The first-order chi connectivity index (χ1) is 16.3. The summed E-state index contributed by atoms with van der Waals surface area (Å²) < 4.78 is 11.4.